The molecule has 4 nitrogen and oxygen atoms in total. The second-order valence-corrected chi connectivity index (χ2v) is 12.3. The first kappa shape index (κ1) is 26.7. The molecule has 0 spiro atoms. The van der Waals surface area contributed by atoms with Crippen LogP contribution in [0.15, 0.2) is 54.7 Å². The highest BCUT2D eigenvalue weighted by atomic mass is 35.5. The summed E-state index contributed by atoms with van der Waals surface area (Å²) in [6, 6.07) is 15.4. The summed E-state index contributed by atoms with van der Waals surface area (Å²) in [5.74, 6) is -0.0264. The van der Waals surface area contributed by atoms with Gasteiger partial charge in [-0.25, -0.2) is 0 Å². The molecule has 4 aromatic rings. The molecule has 0 aliphatic carbocycles. The van der Waals surface area contributed by atoms with Gasteiger partial charge in [-0.05, 0) is 54.5 Å². The summed E-state index contributed by atoms with van der Waals surface area (Å²) in [5.41, 5.74) is 6.54. The standard InChI is InChI=1S/C32H35ClN2O2/c1-18-13-19(2)28-22(14-18)27(21-11-9-10-12-25(21)33)26(17-34-28)35-30(37)20-15-23(31(3,4)5)29(36)24(16-20)32(6,7)8/h9-17,36H,1-8H3,(H,35,37). The van der Waals surface area contributed by atoms with E-state index < -0.39 is 0 Å². The maximum atomic E-state index is 13.8. The molecule has 0 radical (unpaired) electrons. The Hall–Kier alpha value is -3.37. The molecule has 37 heavy (non-hydrogen) atoms. The molecule has 0 atom stereocenters. The summed E-state index contributed by atoms with van der Waals surface area (Å²) in [6.07, 6.45) is 1.71. The van der Waals surface area contributed by atoms with E-state index in [0.717, 1.165) is 44.3 Å². The predicted molar refractivity (Wildman–Crippen MR) is 155 cm³/mol. The molecule has 0 fully saturated rings. The number of fused-ring (bicyclic) bond motifs is 1. The SMILES string of the molecule is Cc1cc(C)c2ncc(NC(=O)c3cc(C(C)(C)C)c(O)c(C(C)(C)C)c3)c(-c3ccccc3Cl)c2c1. The largest absolute Gasteiger partial charge is 0.507 e. The molecular weight excluding hydrogens is 480 g/mol. The Morgan fingerprint density at radius 3 is 2.08 bits per heavy atom. The zero-order chi connectivity index (χ0) is 27.3. The molecule has 0 unspecified atom stereocenters. The number of anilines is 1. The number of carbonyl (C=O) groups excluding carboxylic acids is 1. The number of hydrogen-bond acceptors (Lipinski definition) is 3. The molecule has 0 saturated carbocycles. The van der Waals surface area contributed by atoms with Crippen LogP contribution >= 0.6 is 11.6 Å². The summed E-state index contributed by atoms with van der Waals surface area (Å²) in [6.45, 7) is 16.3. The fraction of sp³-hybridized carbons (Fsp3) is 0.312. The van der Waals surface area contributed by atoms with Crippen molar-refractivity contribution in [3.8, 4) is 16.9 Å². The van der Waals surface area contributed by atoms with E-state index in [1.165, 1.54) is 0 Å². The number of nitrogens with one attached hydrogen (secondary N) is 1. The molecule has 0 saturated heterocycles. The van der Waals surface area contributed by atoms with Crippen molar-refractivity contribution in [3.63, 3.8) is 0 Å². The number of halogens is 1. The molecule has 0 aliphatic rings. The Kier molecular flexibility index (Phi) is 6.85. The van der Waals surface area contributed by atoms with Gasteiger partial charge < -0.3 is 10.4 Å². The maximum Gasteiger partial charge on any atom is 0.255 e. The number of rotatable bonds is 3. The van der Waals surface area contributed by atoms with E-state index in [0.29, 0.717) is 16.3 Å². The van der Waals surface area contributed by atoms with Crippen molar-refractivity contribution in [1.82, 2.24) is 4.98 Å². The van der Waals surface area contributed by atoms with Gasteiger partial charge in [-0.3, -0.25) is 9.78 Å². The van der Waals surface area contributed by atoms with Gasteiger partial charge in [0, 0.05) is 38.2 Å². The second kappa shape index (κ2) is 9.50. The molecular formula is C32H35ClN2O2. The maximum absolute atomic E-state index is 13.8. The lowest BCUT2D eigenvalue weighted by molar-refractivity contribution is 0.102. The lowest BCUT2D eigenvalue weighted by Crippen LogP contribution is -2.21. The molecule has 0 aliphatic heterocycles. The summed E-state index contributed by atoms with van der Waals surface area (Å²) >= 11 is 6.66. The summed E-state index contributed by atoms with van der Waals surface area (Å²) < 4.78 is 0. The number of phenols is 1. The van der Waals surface area contributed by atoms with Crippen LogP contribution in [0, 0.1) is 13.8 Å². The number of hydrogen-bond donors (Lipinski definition) is 2. The molecule has 0 bridgehead atoms. The number of aryl methyl sites for hydroxylation is 2. The predicted octanol–water partition coefficient (Wildman–Crippen LogP) is 8.72. The van der Waals surface area contributed by atoms with Crippen LogP contribution < -0.4 is 5.32 Å². The Morgan fingerprint density at radius 2 is 1.51 bits per heavy atom. The number of nitrogens with zero attached hydrogens (tertiary/aromatic N) is 1. The van der Waals surface area contributed by atoms with Crippen LogP contribution in [0.2, 0.25) is 5.02 Å². The van der Waals surface area contributed by atoms with Gasteiger partial charge in [-0.2, -0.15) is 0 Å². The third kappa shape index (κ3) is 5.21. The average molecular weight is 515 g/mol. The molecule has 2 N–H and O–H groups in total. The van der Waals surface area contributed by atoms with Gasteiger partial charge in [-0.1, -0.05) is 83.0 Å². The molecule has 4 rings (SSSR count). The van der Waals surface area contributed by atoms with Gasteiger partial charge in [0.2, 0.25) is 0 Å². The highest BCUT2D eigenvalue weighted by molar-refractivity contribution is 6.34. The topological polar surface area (TPSA) is 62.2 Å². The number of carbonyl (C=O) groups is 1. The van der Waals surface area contributed by atoms with Gasteiger partial charge in [-0.15, -0.1) is 0 Å². The van der Waals surface area contributed by atoms with E-state index in [9.17, 15) is 9.90 Å². The Labute approximate surface area is 224 Å². The molecule has 5 heteroatoms. The van der Waals surface area contributed by atoms with Gasteiger partial charge in [0.15, 0.2) is 0 Å². The number of pyridine rings is 1. The van der Waals surface area contributed by atoms with E-state index >= 15 is 0 Å². The molecule has 3 aromatic carbocycles. The fourth-order valence-corrected chi connectivity index (χ4v) is 5.04. The van der Waals surface area contributed by atoms with Crippen LogP contribution in [-0.4, -0.2) is 16.0 Å². The van der Waals surface area contributed by atoms with Gasteiger partial charge in [0.1, 0.15) is 5.75 Å². The monoisotopic (exact) mass is 514 g/mol. The Balaban J connectivity index is 1.92. The van der Waals surface area contributed by atoms with Crippen molar-refractivity contribution in [2.24, 2.45) is 0 Å². The first-order chi connectivity index (χ1) is 17.2. The Bertz CT molecular complexity index is 1490. The molecule has 1 heterocycles. The summed E-state index contributed by atoms with van der Waals surface area (Å²) in [7, 11) is 0. The third-order valence-electron chi connectivity index (χ3n) is 6.69. The average Bonchev–Trinajstić information content (AvgIpc) is 2.78. The van der Waals surface area contributed by atoms with E-state index in [-0.39, 0.29) is 22.5 Å². The number of amides is 1. The number of phenolic OH excluding ortho intramolecular Hbond substituents is 1. The Morgan fingerprint density at radius 1 is 0.919 bits per heavy atom. The van der Waals surface area contributed by atoms with E-state index in [4.69, 9.17) is 16.6 Å². The number of aromatic nitrogens is 1. The lowest BCUT2D eigenvalue weighted by atomic mass is 9.78. The van der Waals surface area contributed by atoms with Gasteiger partial charge >= 0.3 is 0 Å². The van der Waals surface area contributed by atoms with Crippen molar-refractivity contribution >= 4 is 34.1 Å². The minimum absolute atomic E-state index is 0.242. The van der Waals surface area contributed by atoms with Crippen LogP contribution in [0.5, 0.6) is 5.75 Å². The minimum Gasteiger partial charge on any atom is -0.507 e. The zero-order valence-corrected chi connectivity index (χ0v) is 23.6. The zero-order valence-electron chi connectivity index (χ0n) is 22.9. The van der Waals surface area contributed by atoms with Crippen LogP contribution in [0.1, 0.15) is 74.2 Å². The molecule has 1 amide bonds. The van der Waals surface area contributed by atoms with Crippen LogP contribution in [-0.2, 0) is 10.8 Å². The lowest BCUT2D eigenvalue weighted by Gasteiger charge is -2.28. The minimum atomic E-state index is -0.345. The van der Waals surface area contributed by atoms with Crippen LogP contribution in [0.25, 0.3) is 22.0 Å². The summed E-state index contributed by atoms with van der Waals surface area (Å²) in [5, 5.41) is 15.7. The van der Waals surface area contributed by atoms with Crippen molar-refractivity contribution in [2.75, 3.05) is 5.32 Å². The smallest absolute Gasteiger partial charge is 0.255 e. The fourth-order valence-electron chi connectivity index (χ4n) is 4.81. The number of aromatic hydroxyl groups is 1. The molecule has 1 aromatic heterocycles. The van der Waals surface area contributed by atoms with Gasteiger partial charge in [0.05, 0.1) is 17.4 Å². The van der Waals surface area contributed by atoms with Crippen molar-refractivity contribution < 1.29 is 9.90 Å². The van der Waals surface area contributed by atoms with Crippen molar-refractivity contribution in [3.05, 3.63) is 87.6 Å². The second-order valence-electron chi connectivity index (χ2n) is 11.9. The first-order valence-electron chi connectivity index (χ1n) is 12.5. The van der Waals surface area contributed by atoms with Crippen LogP contribution in [0.3, 0.4) is 0 Å². The van der Waals surface area contributed by atoms with Crippen molar-refractivity contribution in [2.45, 2.75) is 66.2 Å². The van der Waals surface area contributed by atoms with E-state index in [1.807, 2.05) is 79.7 Å². The highest BCUT2D eigenvalue weighted by Crippen LogP contribution is 2.42. The quantitative estimate of drug-likeness (QED) is 0.287. The normalized spacial score (nSPS) is 12.1. The van der Waals surface area contributed by atoms with E-state index in [1.54, 1.807) is 18.3 Å². The summed E-state index contributed by atoms with van der Waals surface area (Å²) in [4.78, 5) is 18.5. The van der Waals surface area contributed by atoms with E-state index in [2.05, 4.69) is 17.4 Å². The first-order valence-corrected chi connectivity index (χ1v) is 12.9. The van der Waals surface area contributed by atoms with Crippen molar-refractivity contribution in [1.29, 1.82) is 0 Å². The highest BCUT2D eigenvalue weighted by Gasteiger charge is 2.28. The number of benzene rings is 3. The molecule has 192 valence electrons. The third-order valence-corrected chi connectivity index (χ3v) is 7.02. The van der Waals surface area contributed by atoms with Gasteiger partial charge in [0.25, 0.3) is 5.91 Å². The van der Waals surface area contributed by atoms with Crippen LogP contribution in [0.4, 0.5) is 5.69 Å².